The van der Waals surface area contributed by atoms with Crippen LogP contribution in [0.1, 0.15) is 70.4 Å². The zero-order valence-electron chi connectivity index (χ0n) is 17.1. The molecule has 0 aliphatic heterocycles. The first-order valence-corrected chi connectivity index (χ1v) is 9.45. The summed E-state index contributed by atoms with van der Waals surface area (Å²) in [5.74, 6) is -0.765. The van der Waals surface area contributed by atoms with Gasteiger partial charge in [0.2, 0.25) is 5.88 Å². The van der Waals surface area contributed by atoms with Crippen LogP contribution in [0.3, 0.4) is 0 Å². The number of hydrogen-bond donors (Lipinski definition) is 2. The fourth-order valence-electron chi connectivity index (χ4n) is 2.83. The van der Waals surface area contributed by atoms with Gasteiger partial charge in [0, 0.05) is 5.56 Å². The van der Waals surface area contributed by atoms with Gasteiger partial charge in [-0.05, 0) is 45.4 Å². The molecule has 0 aliphatic rings. The van der Waals surface area contributed by atoms with E-state index in [0.29, 0.717) is 24.7 Å². The molecule has 0 unspecified atom stereocenters. The summed E-state index contributed by atoms with van der Waals surface area (Å²) in [6.07, 6.45) is 1.90. The molecule has 8 nitrogen and oxygen atoms in total. The second-order valence-electron chi connectivity index (χ2n) is 6.41. The average Bonchev–Trinajstić information content (AvgIpc) is 2.99. The van der Waals surface area contributed by atoms with Gasteiger partial charge in [-0.15, -0.1) is 0 Å². The number of hydrogen-bond acceptors (Lipinski definition) is 6. The van der Waals surface area contributed by atoms with E-state index in [2.05, 4.69) is 12.2 Å². The van der Waals surface area contributed by atoms with Gasteiger partial charge < -0.3 is 19.6 Å². The van der Waals surface area contributed by atoms with Crippen molar-refractivity contribution in [3.8, 4) is 11.5 Å². The number of nitrogens with two attached hydrogens (primary N) is 1. The number of ether oxygens (including phenoxy) is 2. The lowest BCUT2D eigenvalue weighted by atomic mass is 10.1. The molecule has 0 aliphatic carbocycles. The number of furan rings is 1. The molecular weight excluding hydrogens is 376 g/mol. The maximum atomic E-state index is 12.7. The summed E-state index contributed by atoms with van der Waals surface area (Å²) < 4.78 is 16.7. The quantitative estimate of drug-likeness (QED) is 0.461. The predicted molar refractivity (Wildman–Crippen MR) is 108 cm³/mol. The van der Waals surface area contributed by atoms with Crippen molar-refractivity contribution in [2.45, 2.75) is 40.5 Å². The van der Waals surface area contributed by atoms with Crippen molar-refractivity contribution in [1.82, 2.24) is 0 Å². The SMILES string of the molecule is CCCCOc1ccc(C(=O)Nc2oc(C)c(C(C)=O)c2C(N)=O)cc1OCC. The first kappa shape index (κ1) is 22.0. The van der Waals surface area contributed by atoms with Gasteiger partial charge in [0.1, 0.15) is 11.3 Å². The third kappa shape index (κ3) is 5.16. The maximum Gasteiger partial charge on any atom is 0.258 e. The number of anilines is 1. The van der Waals surface area contributed by atoms with Crippen LogP contribution in [0.5, 0.6) is 11.5 Å². The second kappa shape index (κ2) is 9.77. The monoisotopic (exact) mass is 402 g/mol. The van der Waals surface area contributed by atoms with Crippen LogP contribution in [0.15, 0.2) is 22.6 Å². The zero-order chi connectivity index (χ0) is 21.6. The molecule has 0 radical (unpaired) electrons. The Morgan fingerprint density at radius 2 is 1.83 bits per heavy atom. The van der Waals surface area contributed by atoms with Gasteiger partial charge in [0.15, 0.2) is 17.3 Å². The minimum absolute atomic E-state index is 0.0578. The highest BCUT2D eigenvalue weighted by atomic mass is 16.5. The third-order valence-electron chi connectivity index (χ3n) is 4.17. The summed E-state index contributed by atoms with van der Waals surface area (Å²) in [6, 6.07) is 4.77. The van der Waals surface area contributed by atoms with E-state index in [4.69, 9.17) is 19.6 Å². The Morgan fingerprint density at radius 3 is 2.41 bits per heavy atom. The van der Waals surface area contributed by atoms with Crippen LogP contribution in [-0.4, -0.2) is 30.8 Å². The van der Waals surface area contributed by atoms with Crippen molar-refractivity contribution >= 4 is 23.5 Å². The third-order valence-corrected chi connectivity index (χ3v) is 4.17. The van der Waals surface area contributed by atoms with Gasteiger partial charge in [-0.1, -0.05) is 13.3 Å². The van der Waals surface area contributed by atoms with E-state index in [-0.39, 0.29) is 34.1 Å². The number of amides is 2. The summed E-state index contributed by atoms with van der Waals surface area (Å²) >= 11 is 0. The molecule has 1 aromatic heterocycles. The highest BCUT2D eigenvalue weighted by Crippen LogP contribution is 2.31. The molecule has 2 aromatic rings. The zero-order valence-corrected chi connectivity index (χ0v) is 17.1. The molecule has 0 bridgehead atoms. The highest BCUT2D eigenvalue weighted by Gasteiger charge is 2.26. The summed E-state index contributed by atoms with van der Waals surface area (Å²) in [6.45, 7) is 7.66. The highest BCUT2D eigenvalue weighted by molar-refractivity contribution is 6.13. The van der Waals surface area contributed by atoms with Crippen molar-refractivity contribution < 1.29 is 28.3 Å². The number of rotatable bonds is 10. The molecule has 1 heterocycles. The maximum absolute atomic E-state index is 12.7. The summed E-state index contributed by atoms with van der Waals surface area (Å²) in [7, 11) is 0. The number of benzene rings is 1. The van der Waals surface area contributed by atoms with Crippen LogP contribution in [0, 0.1) is 6.92 Å². The first-order valence-electron chi connectivity index (χ1n) is 9.45. The number of ketones is 1. The van der Waals surface area contributed by atoms with Crippen molar-refractivity contribution in [3.05, 3.63) is 40.6 Å². The van der Waals surface area contributed by atoms with Gasteiger partial charge in [-0.3, -0.25) is 19.7 Å². The lowest BCUT2D eigenvalue weighted by Crippen LogP contribution is -2.19. The predicted octanol–water partition coefficient (Wildman–Crippen LogP) is 3.72. The molecule has 0 saturated heterocycles. The molecule has 8 heteroatoms. The standard InChI is InChI=1S/C21H26N2O6/c1-5-7-10-28-15-9-8-14(11-16(15)27-6-2)20(26)23-21-18(19(22)25)17(12(3)24)13(4)29-21/h8-9,11H,5-7,10H2,1-4H3,(H2,22,25)(H,23,26). The molecule has 0 saturated carbocycles. The molecule has 3 N–H and O–H groups in total. The molecule has 0 atom stereocenters. The largest absolute Gasteiger partial charge is 0.490 e. The lowest BCUT2D eigenvalue weighted by molar-refractivity contribution is 0.0974. The number of nitrogens with one attached hydrogen (secondary N) is 1. The van der Waals surface area contributed by atoms with E-state index in [1.807, 2.05) is 6.92 Å². The summed E-state index contributed by atoms with van der Waals surface area (Å²) in [4.78, 5) is 36.3. The fourth-order valence-corrected chi connectivity index (χ4v) is 2.83. The van der Waals surface area contributed by atoms with Gasteiger partial charge in [0.25, 0.3) is 11.8 Å². The average molecular weight is 402 g/mol. The van der Waals surface area contributed by atoms with Crippen LogP contribution in [0.25, 0.3) is 0 Å². The second-order valence-corrected chi connectivity index (χ2v) is 6.41. The van der Waals surface area contributed by atoms with Crippen molar-refractivity contribution in [2.75, 3.05) is 18.5 Å². The van der Waals surface area contributed by atoms with Crippen LogP contribution in [0.4, 0.5) is 5.88 Å². The van der Waals surface area contributed by atoms with E-state index in [1.54, 1.807) is 18.2 Å². The van der Waals surface area contributed by atoms with Crippen molar-refractivity contribution in [1.29, 1.82) is 0 Å². The van der Waals surface area contributed by atoms with Crippen LogP contribution in [-0.2, 0) is 0 Å². The molecule has 1 aromatic carbocycles. The molecule has 29 heavy (non-hydrogen) atoms. The Balaban J connectivity index is 2.31. The van der Waals surface area contributed by atoms with Gasteiger partial charge >= 0.3 is 0 Å². The van der Waals surface area contributed by atoms with Crippen LogP contribution >= 0.6 is 0 Å². The minimum Gasteiger partial charge on any atom is -0.490 e. The number of unbranched alkanes of at least 4 members (excludes halogenated alkanes) is 1. The van der Waals surface area contributed by atoms with Crippen LogP contribution in [0.2, 0.25) is 0 Å². The van der Waals surface area contributed by atoms with E-state index >= 15 is 0 Å². The summed E-state index contributed by atoms with van der Waals surface area (Å²) in [5, 5.41) is 2.51. The van der Waals surface area contributed by atoms with Gasteiger partial charge in [-0.25, -0.2) is 0 Å². The number of carbonyl (C=O) groups is 3. The minimum atomic E-state index is -0.864. The first-order chi connectivity index (χ1) is 13.8. The fraction of sp³-hybridized carbons (Fsp3) is 0.381. The van der Waals surface area contributed by atoms with Gasteiger partial charge in [-0.2, -0.15) is 0 Å². The molecule has 2 rings (SSSR count). The summed E-state index contributed by atoms with van der Waals surface area (Å²) in [5.41, 5.74) is 5.56. The smallest absolute Gasteiger partial charge is 0.258 e. The number of carbonyl (C=O) groups excluding carboxylic acids is 3. The number of primary amides is 1. The van der Waals surface area contributed by atoms with E-state index in [0.717, 1.165) is 12.8 Å². The Bertz CT molecular complexity index is 916. The molecule has 0 spiro atoms. The van der Waals surface area contributed by atoms with E-state index in [9.17, 15) is 14.4 Å². The van der Waals surface area contributed by atoms with Crippen molar-refractivity contribution in [3.63, 3.8) is 0 Å². The topological polar surface area (TPSA) is 121 Å². The number of Topliss-reactive ketones (excluding diaryl/α,β-unsaturated/α-hetero) is 1. The van der Waals surface area contributed by atoms with E-state index < -0.39 is 11.8 Å². The van der Waals surface area contributed by atoms with Crippen LogP contribution < -0.4 is 20.5 Å². The molecule has 2 amide bonds. The molecule has 156 valence electrons. The Kier molecular flexibility index (Phi) is 7.41. The van der Waals surface area contributed by atoms with E-state index in [1.165, 1.54) is 13.8 Å². The lowest BCUT2D eigenvalue weighted by Gasteiger charge is -2.13. The Hall–Kier alpha value is -3.29. The normalized spacial score (nSPS) is 10.5. The van der Waals surface area contributed by atoms with Crippen molar-refractivity contribution in [2.24, 2.45) is 5.73 Å². The molecular formula is C21H26N2O6. The Labute approximate surface area is 169 Å². The van der Waals surface area contributed by atoms with Gasteiger partial charge in [0.05, 0.1) is 18.8 Å². The molecule has 0 fully saturated rings. The number of aryl methyl sites for hydroxylation is 1. The Morgan fingerprint density at radius 1 is 1.10 bits per heavy atom.